The molecule has 9 heteroatoms. The highest BCUT2D eigenvalue weighted by atomic mass is 16.6. The van der Waals surface area contributed by atoms with Crippen molar-refractivity contribution in [3.05, 3.63) is 46.0 Å². The molecule has 0 unspecified atom stereocenters. The first-order valence-electron chi connectivity index (χ1n) is 8.35. The quantitative estimate of drug-likeness (QED) is 0.841. The molecule has 0 saturated carbocycles. The summed E-state index contributed by atoms with van der Waals surface area (Å²) in [5, 5.41) is 0. The molecule has 4 rings (SSSR count). The Bertz CT molecular complexity index is 911. The SMILES string of the molecule is O=C(CN1CCOC1=O)N1CCc2c(nc(-c3ccccn3)[nH]c2=O)C1. The lowest BCUT2D eigenvalue weighted by atomic mass is 10.1. The fraction of sp³-hybridized carbons (Fsp3) is 0.353. The molecule has 0 aromatic carbocycles. The lowest BCUT2D eigenvalue weighted by Crippen LogP contribution is -2.44. The summed E-state index contributed by atoms with van der Waals surface area (Å²) < 4.78 is 4.84. The van der Waals surface area contributed by atoms with Crippen LogP contribution in [0.1, 0.15) is 11.3 Å². The Labute approximate surface area is 148 Å². The predicted molar refractivity (Wildman–Crippen MR) is 90.1 cm³/mol. The number of cyclic esters (lactones) is 1. The van der Waals surface area contributed by atoms with E-state index in [0.29, 0.717) is 48.9 Å². The zero-order valence-corrected chi connectivity index (χ0v) is 14.0. The maximum absolute atomic E-state index is 12.5. The number of aromatic nitrogens is 3. The summed E-state index contributed by atoms with van der Waals surface area (Å²) >= 11 is 0. The van der Waals surface area contributed by atoms with Gasteiger partial charge in [-0.15, -0.1) is 0 Å². The van der Waals surface area contributed by atoms with Gasteiger partial charge in [-0.2, -0.15) is 0 Å². The topological polar surface area (TPSA) is 108 Å². The molecule has 2 amide bonds. The van der Waals surface area contributed by atoms with Crippen LogP contribution in [-0.4, -0.2) is 63.0 Å². The molecule has 1 fully saturated rings. The van der Waals surface area contributed by atoms with Crippen LogP contribution in [0.25, 0.3) is 11.5 Å². The first-order valence-corrected chi connectivity index (χ1v) is 8.35. The molecule has 134 valence electrons. The molecular weight excluding hydrogens is 338 g/mol. The number of hydrogen-bond acceptors (Lipinski definition) is 6. The van der Waals surface area contributed by atoms with E-state index >= 15 is 0 Å². The van der Waals surface area contributed by atoms with Gasteiger partial charge in [0.15, 0.2) is 5.82 Å². The maximum Gasteiger partial charge on any atom is 0.410 e. The molecule has 2 aromatic rings. The number of ether oxygens (including phenoxy) is 1. The zero-order chi connectivity index (χ0) is 18.1. The van der Waals surface area contributed by atoms with E-state index in [1.54, 1.807) is 23.2 Å². The smallest absolute Gasteiger partial charge is 0.410 e. The van der Waals surface area contributed by atoms with Gasteiger partial charge in [0, 0.05) is 18.3 Å². The number of H-pyrrole nitrogens is 1. The van der Waals surface area contributed by atoms with Gasteiger partial charge in [-0.05, 0) is 18.6 Å². The minimum absolute atomic E-state index is 0.0234. The van der Waals surface area contributed by atoms with Crippen LogP contribution in [0.5, 0.6) is 0 Å². The number of nitrogens with one attached hydrogen (secondary N) is 1. The van der Waals surface area contributed by atoms with Crippen molar-refractivity contribution in [2.45, 2.75) is 13.0 Å². The van der Waals surface area contributed by atoms with Crippen LogP contribution in [0, 0.1) is 0 Å². The lowest BCUT2D eigenvalue weighted by Gasteiger charge is -2.29. The zero-order valence-electron chi connectivity index (χ0n) is 14.0. The van der Waals surface area contributed by atoms with Crippen molar-refractivity contribution in [3.8, 4) is 11.5 Å². The first kappa shape index (κ1) is 16.2. The standard InChI is InChI=1S/C17H17N5O4/c23-14(10-22-7-8-26-17(22)25)21-6-4-11-13(9-21)19-15(20-16(11)24)12-3-1-2-5-18-12/h1-3,5H,4,6-10H2,(H,19,20,24). The van der Waals surface area contributed by atoms with Gasteiger partial charge in [-0.1, -0.05) is 6.07 Å². The third-order valence-electron chi connectivity index (χ3n) is 4.50. The van der Waals surface area contributed by atoms with Crippen molar-refractivity contribution in [2.24, 2.45) is 0 Å². The highest BCUT2D eigenvalue weighted by Gasteiger charge is 2.29. The van der Waals surface area contributed by atoms with Crippen LogP contribution in [0.4, 0.5) is 4.79 Å². The number of carbonyl (C=O) groups excluding carboxylic acids is 2. The molecule has 1 saturated heterocycles. The van der Waals surface area contributed by atoms with Crippen molar-refractivity contribution in [2.75, 3.05) is 26.2 Å². The van der Waals surface area contributed by atoms with Crippen molar-refractivity contribution < 1.29 is 14.3 Å². The number of hydrogen-bond donors (Lipinski definition) is 1. The lowest BCUT2D eigenvalue weighted by molar-refractivity contribution is -0.132. The summed E-state index contributed by atoms with van der Waals surface area (Å²) in [5.41, 5.74) is 1.52. The Hall–Kier alpha value is -3.23. The van der Waals surface area contributed by atoms with Gasteiger partial charge in [-0.3, -0.25) is 19.5 Å². The number of carbonyl (C=O) groups is 2. The van der Waals surface area contributed by atoms with Crippen molar-refractivity contribution in [1.29, 1.82) is 0 Å². The summed E-state index contributed by atoms with van der Waals surface area (Å²) in [7, 11) is 0. The van der Waals surface area contributed by atoms with Crippen LogP contribution in [-0.2, 0) is 22.5 Å². The maximum atomic E-state index is 12.5. The van der Waals surface area contributed by atoms with Crippen molar-refractivity contribution in [1.82, 2.24) is 24.8 Å². The average molecular weight is 355 g/mol. The Morgan fingerprint density at radius 3 is 2.88 bits per heavy atom. The molecular formula is C17H17N5O4. The van der Waals surface area contributed by atoms with Gasteiger partial charge < -0.3 is 14.6 Å². The van der Waals surface area contributed by atoms with E-state index in [1.165, 1.54) is 4.90 Å². The van der Waals surface area contributed by atoms with Crippen molar-refractivity contribution in [3.63, 3.8) is 0 Å². The monoisotopic (exact) mass is 355 g/mol. The minimum atomic E-state index is -0.470. The van der Waals surface area contributed by atoms with E-state index in [2.05, 4.69) is 15.0 Å². The third kappa shape index (κ3) is 3.03. The number of rotatable bonds is 3. The van der Waals surface area contributed by atoms with Crippen LogP contribution in [0.3, 0.4) is 0 Å². The summed E-state index contributed by atoms with van der Waals surface area (Å²) in [5.74, 6) is 0.197. The van der Waals surface area contributed by atoms with Crippen LogP contribution in [0.15, 0.2) is 29.2 Å². The third-order valence-corrected chi connectivity index (χ3v) is 4.50. The average Bonchev–Trinajstić information content (AvgIpc) is 3.06. The molecule has 4 heterocycles. The summed E-state index contributed by atoms with van der Waals surface area (Å²) in [4.78, 5) is 50.8. The first-order chi connectivity index (χ1) is 12.6. The number of fused-ring (bicyclic) bond motifs is 1. The van der Waals surface area contributed by atoms with Crippen LogP contribution in [0.2, 0.25) is 0 Å². The second-order valence-corrected chi connectivity index (χ2v) is 6.16. The second-order valence-electron chi connectivity index (χ2n) is 6.16. The van der Waals surface area contributed by atoms with Gasteiger partial charge in [0.25, 0.3) is 5.56 Å². The van der Waals surface area contributed by atoms with E-state index in [0.717, 1.165) is 0 Å². The predicted octanol–water partition coefficient (Wildman–Crippen LogP) is 0.169. The molecule has 2 aromatic heterocycles. The molecule has 0 atom stereocenters. The van der Waals surface area contributed by atoms with Gasteiger partial charge in [0.1, 0.15) is 18.8 Å². The molecule has 9 nitrogen and oxygen atoms in total. The highest BCUT2D eigenvalue weighted by molar-refractivity contribution is 5.83. The van der Waals surface area contributed by atoms with Crippen molar-refractivity contribution >= 4 is 12.0 Å². The molecule has 26 heavy (non-hydrogen) atoms. The molecule has 0 spiro atoms. The molecule has 0 bridgehead atoms. The fourth-order valence-corrected chi connectivity index (χ4v) is 3.11. The number of nitrogens with zero attached hydrogens (tertiary/aromatic N) is 4. The highest BCUT2D eigenvalue weighted by Crippen LogP contribution is 2.18. The van der Waals surface area contributed by atoms with E-state index in [4.69, 9.17) is 4.74 Å². The Kier molecular flexibility index (Phi) is 4.11. The summed E-state index contributed by atoms with van der Waals surface area (Å²) in [6.07, 6.45) is 1.58. The fourth-order valence-electron chi connectivity index (χ4n) is 3.11. The normalized spacial score (nSPS) is 16.4. The van der Waals surface area contributed by atoms with Crippen LogP contribution < -0.4 is 5.56 Å². The van der Waals surface area contributed by atoms with Crippen LogP contribution >= 0.6 is 0 Å². The molecule has 0 aliphatic carbocycles. The van der Waals surface area contributed by atoms with Gasteiger partial charge in [0.05, 0.1) is 18.8 Å². The van der Waals surface area contributed by atoms with E-state index in [9.17, 15) is 14.4 Å². The van der Waals surface area contributed by atoms with Gasteiger partial charge >= 0.3 is 6.09 Å². The largest absolute Gasteiger partial charge is 0.448 e. The van der Waals surface area contributed by atoms with Gasteiger partial charge in [0.2, 0.25) is 5.91 Å². The molecule has 1 N–H and O–H groups in total. The Balaban J connectivity index is 1.56. The molecule has 2 aliphatic heterocycles. The number of amides is 2. The Morgan fingerprint density at radius 1 is 1.27 bits per heavy atom. The summed E-state index contributed by atoms with van der Waals surface area (Å²) in [6.45, 7) is 1.35. The number of aromatic amines is 1. The summed E-state index contributed by atoms with van der Waals surface area (Å²) in [6, 6.07) is 5.35. The minimum Gasteiger partial charge on any atom is -0.448 e. The van der Waals surface area contributed by atoms with E-state index < -0.39 is 6.09 Å². The van der Waals surface area contributed by atoms with E-state index in [1.807, 2.05) is 6.07 Å². The Morgan fingerprint density at radius 2 is 2.15 bits per heavy atom. The second kappa shape index (κ2) is 6.58. The molecule has 2 aliphatic rings. The van der Waals surface area contributed by atoms with E-state index in [-0.39, 0.29) is 24.6 Å². The van der Waals surface area contributed by atoms with Gasteiger partial charge in [-0.25, -0.2) is 9.78 Å². The molecule has 0 radical (unpaired) electrons. The number of pyridine rings is 1.